The zero-order valence-electron chi connectivity index (χ0n) is 17.0. The van der Waals surface area contributed by atoms with Gasteiger partial charge in [0.25, 0.3) is 0 Å². The van der Waals surface area contributed by atoms with Gasteiger partial charge in [0.15, 0.2) is 0 Å². The van der Waals surface area contributed by atoms with Crippen molar-refractivity contribution in [2.24, 2.45) is 7.05 Å². The normalized spacial score (nSPS) is 12.7. The maximum atomic E-state index is 12.6. The highest BCUT2D eigenvalue weighted by molar-refractivity contribution is 5.80. The van der Waals surface area contributed by atoms with Gasteiger partial charge in [-0.1, -0.05) is 45.0 Å². The number of amides is 1. The number of carbonyl (C=O) groups excluding carboxylic acids is 1. The summed E-state index contributed by atoms with van der Waals surface area (Å²) < 4.78 is 1.75. The first-order chi connectivity index (χ1) is 12.5. The molecule has 1 unspecified atom stereocenters. The highest BCUT2D eigenvalue weighted by Gasteiger charge is 2.21. The van der Waals surface area contributed by atoms with Crippen molar-refractivity contribution in [2.75, 3.05) is 0 Å². The van der Waals surface area contributed by atoms with Gasteiger partial charge in [0.2, 0.25) is 5.91 Å². The number of nitrogens with one attached hydrogen (secondary N) is 1. The molecule has 0 aliphatic rings. The highest BCUT2D eigenvalue weighted by Crippen LogP contribution is 2.25. The fraction of sp³-hybridized carbons (Fsp3) is 0.476. The van der Waals surface area contributed by atoms with Crippen LogP contribution in [0.2, 0.25) is 0 Å². The fourth-order valence-corrected chi connectivity index (χ4v) is 3.12. The van der Waals surface area contributed by atoms with Crippen molar-refractivity contribution < 1.29 is 14.7 Å². The van der Waals surface area contributed by atoms with Crippen molar-refractivity contribution in [3.05, 3.63) is 52.3 Å². The minimum Gasteiger partial charge on any atom is -0.481 e. The van der Waals surface area contributed by atoms with Crippen molar-refractivity contribution in [1.29, 1.82) is 0 Å². The van der Waals surface area contributed by atoms with Crippen molar-refractivity contribution >= 4 is 11.9 Å². The van der Waals surface area contributed by atoms with Gasteiger partial charge in [-0.2, -0.15) is 5.10 Å². The van der Waals surface area contributed by atoms with E-state index in [0.29, 0.717) is 0 Å². The number of carboxylic acid groups (broad SMARTS) is 1. The van der Waals surface area contributed by atoms with E-state index in [9.17, 15) is 14.7 Å². The van der Waals surface area contributed by atoms with Crippen LogP contribution in [0.25, 0.3) is 0 Å². The van der Waals surface area contributed by atoms with Crippen LogP contribution in [-0.2, 0) is 28.5 Å². The molecule has 0 saturated carbocycles. The SMILES string of the molecule is Cc1nn(C)c(C)c1CC(=O)NC(CC(=O)O)c1ccc(C(C)(C)C)cc1. The average Bonchev–Trinajstić information content (AvgIpc) is 2.79. The Bertz CT molecular complexity index is 830. The number of nitrogens with zero attached hydrogens (tertiary/aromatic N) is 2. The summed E-state index contributed by atoms with van der Waals surface area (Å²) in [6.07, 6.45) is 0.0211. The van der Waals surface area contributed by atoms with Crippen LogP contribution >= 0.6 is 0 Å². The van der Waals surface area contributed by atoms with Gasteiger partial charge in [-0.3, -0.25) is 14.3 Å². The molecule has 0 fully saturated rings. The third kappa shape index (κ3) is 5.18. The largest absolute Gasteiger partial charge is 0.481 e. The fourth-order valence-electron chi connectivity index (χ4n) is 3.12. The average molecular weight is 371 g/mol. The molecule has 2 rings (SSSR count). The number of hydrogen-bond donors (Lipinski definition) is 2. The first kappa shape index (κ1) is 20.7. The predicted octanol–water partition coefficient (Wildman–Crippen LogP) is 3.21. The third-order valence-electron chi connectivity index (χ3n) is 4.89. The number of hydrogen-bond acceptors (Lipinski definition) is 3. The number of aromatic nitrogens is 2. The predicted molar refractivity (Wildman–Crippen MR) is 105 cm³/mol. The van der Waals surface area contributed by atoms with Gasteiger partial charge in [-0.15, -0.1) is 0 Å². The van der Waals surface area contributed by atoms with E-state index >= 15 is 0 Å². The van der Waals surface area contributed by atoms with Gasteiger partial charge < -0.3 is 10.4 Å². The van der Waals surface area contributed by atoms with E-state index in [1.54, 1.807) is 4.68 Å². The minimum atomic E-state index is -0.950. The minimum absolute atomic E-state index is 0.0133. The molecule has 6 nitrogen and oxygen atoms in total. The summed E-state index contributed by atoms with van der Waals surface area (Å²) in [4.78, 5) is 23.9. The zero-order chi connectivity index (χ0) is 20.4. The first-order valence-corrected chi connectivity index (χ1v) is 9.09. The molecule has 2 N–H and O–H groups in total. The van der Waals surface area contributed by atoms with Crippen molar-refractivity contribution in [3.8, 4) is 0 Å². The molecule has 146 valence electrons. The Balaban J connectivity index is 2.18. The van der Waals surface area contributed by atoms with Crippen molar-refractivity contribution in [3.63, 3.8) is 0 Å². The van der Waals surface area contributed by atoms with E-state index in [-0.39, 0.29) is 24.2 Å². The molecule has 2 aromatic rings. The molecule has 0 spiro atoms. The van der Waals surface area contributed by atoms with Crippen molar-refractivity contribution in [2.45, 2.75) is 58.9 Å². The third-order valence-corrected chi connectivity index (χ3v) is 4.89. The molecule has 1 atom stereocenters. The maximum absolute atomic E-state index is 12.6. The number of carboxylic acids is 1. The molecule has 0 aliphatic carbocycles. The van der Waals surface area contributed by atoms with Crippen LogP contribution < -0.4 is 5.32 Å². The van der Waals surface area contributed by atoms with Gasteiger partial charge in [-0.05, 0) is 30.4 Å². The van der Waals surface area contributed by atoms with Crippen LogP contribution in [-0.4, -0.2) is 26.8 Å². The van der Waals surface area contributed by atoms with Crippen LogP contribution in [0.1, 0.15) is 61.3 Å². The summed E-state index contributed by atoms with van der Waals surface area (Å²) in [6, 6.07) is 7.21. The zero-order valence-corrected chi connectivity index (χ0v) is 17.0. The van der Waals surface area contributed by atoms with Gasteiger partial charge in [0.05, 0.1) is 24.6 Å². The smallest absolute Gasteiger partial charge is 0.305 e. The molecular weight excluding hydrogens is 342 g/mol. The lowest BCUT2D eigenvalue weighted by Crippen LogP contribution is -2.31. The summed E-state index contributed by atoms with van der Waals surface area (Å²) in [5.74, 6) is -1.16. The molecule has 1 aromatic heterocycles. The standard InChI is InChI=1S/C21H29N3O3/c1-13-17(14(2)24(6)23-13)11-19(25)22-18(12-20(26)27)15-7-9-16(10-8-15)21(3,4)5/h7-10,18H,11-12H2,1-6H3,(H,22,25)(H,26,27). The molecule has 0 bridgehead atoms. The first-order valence-electron chi connectivity index (χ1n) is 9.09. The summed E-state index contributed by atoms with van der Waals surface area (Å²) >= 11 is 0. The molecule has 1 amide bonds. The Kier molecular flexibility index (Phi) is 6.08. The molecule has 6 heteroatoms. The van der Waals surface area contributed by atoms with Gasteiger partial charge in [-0.25, -0.2) is 0 Å². The molecule has 0 aliphatic heterocycles. The van der Waals surface area contributed by atoms with E-state index in [0.717, 1.165) is 28.1 Å². The molecule has 27 heavy (non-hydrogen) atoms. The second-order valence-corrected chi connectivity index (χ2v) is 8.04. The number of benzene rings is 1. The monoisotopic (exact) mass is 371 g/mol. The van der Waals surface area contributed by atoms with Crippen LogP contribution in [0.15, 0.2) is 24.3 Å². The second kappa shape index (κ2) is 7.94. The van der Waals surface area contributed by atoms with Gasteiger partial charge in [0.1, 0.15) is 0 Å². The molecule has 0 radical (unpaired) electrons. The van der Waals surface area contributed by atoms with E-state index in [1.807, 2.05) is 45.2 Å². The summed E-state index contributed by atoms with van der Waals surface area (Å²) in [7, 11) is 1.84. The number of aryl methyl sites for hydroxylation is 2. The maximum Gasteiger partial charge on any atom is 0.305 e. The molecular formula is C21H29N3O3. The van der Waals surface area contributed by atoms with Gasteiger partial charge in [0, 0.05) is 18.3 Å². The Hall–Kier alpha value is -2.63. The van der Waals surface area contributed by atoms with E-state index in [1.165, 1.54) is 0 Å². The number of aliphatic carboxylic acids is 1. The Morgan fingerprint density at radius 1 is 1.19 bits per heavy atom. The number of rotatable bonds is 6. The second-order valence-electron chi connectivity index (χ2n) is 8.04. The Morgan fingerprint density at radius 2 is 1.78 bits per heavy atom. The summed E-state index contributed by atoms with van der Waals surface area (Å²) in [5, 5.41) is 16.5. The topological polar surface area (TPSA) is 84.2 Å². The lowest BCUT2D eigenvalue weighted by atomic mass is 9.86. The summed E-state index contributed by atoms with van der Waals surface area (Å²) in [5.41, 5.74) is 4.60. The van der Waals surface area contributed by atoms with Crippen LogP contribution in [0.4, 0.5) is 0 Å². The quantitative estimate of drug-likeness (QED) is 0.817. The van der Waals surface area contributed by atoms with Crippen LogP contribution in [0.5, 0.6) is 0 Å². The van der Waals surface area contributed by atoms with E-state index in [4.69, 9.17) is 0 Å². The van der Waals surface area contributed by atoms with Crippen LogP contribution in [0, 0.1) is 13.8 Å². The van der Waals surface area contributed by atoms with Crippen LogP contribution in [0.3, 0.4) is 0 Å². The Morgan fingerprint density at radius 3 is 2.22 bits per heavy atom. The number of carbonyl (C=O) groups is 2. The van der Waals surface area contributed by atoms with Gasteiger partial charge >= 0.3 is 5.97 Å². The highest BCUT2D eigenvalue weighted by atomic mass is 16.4. The van der Waals surface area contributed by atoms with E-state index in [2.05, 4.69) is 31.2 Å². The van der Waals surface area contributed by atoms with Crippen molar-refractivity contribution in [1.82, 2.24) is 15.1 Å². The molecule has 1 aromatic carbocycles. The lowest BCUT2D eigenvalue weighted by Gasteiger charge is -2.22. The molecule has 1 heterocycles. The Labute approximate surface area is 160 Å². The summed E-state index contributed by atoms with van der Waals surface area (Å²) in [6.45, 7) is 10.2. The van der Waals surface area contributed by atoms with E-state index < -0.39 is 12.0 Å². The molecule has 0 saturated heterocycles. The lowest BCUT2D eigenvalue weighted by molar-refractivity contribution is -0.137.